The maximum Gasteiger partial charge on any atom is 0.259 e. The maximum absolute atomic E-state index is 12.8. The zero-order valence-electron chi connectivity index (χ0n) is 24.6. The van der Waals surface area contributed by atoms with Crippen LogP contribution in [0, 0.1) is 6.57 Å². The van der Waals surface area contributed by atoms with E-state index in [2.05, 4.69) is 64.4 Å². The summed E-state index contributed by atoms with van der Waals surface area (Å²) in [5, 5.41) is 2.87. The van der Waals surface area contributed by atoms with E-state index in [4.69, 9.17) is 25.1 Å². The summed E-state index contributed by atoms with van der Waals surface area (Å²) in [4.78, 5) is 29.7. The van der Waals surface area contributed by atoms with Gasteiger partial charge in [-0.1, -0.05) is 25.1 Å². The molecule has 2 aliphatic rings. The first-order chi connectivity index (χ1) is 20.3. The number of carbonyl (C=O) groups is 1. The minimum Gasteiger partial charge on any atom is -0.370 e. The van der Waals surface area contributed by atoms with Crippen molar-refractivity contribution >= 4 is 31.4 Å². The molecule has 5 atom stereocenters. The van der Waals surface area contributed by atoms with Gasteiger partial charge >= 0.3 is 0 Å². The molecule has 5 rings (SSSR count). The van der Waals surface area contributed by atoms with Crippen LogP contribution in [0.4, 0.5) is 5.82 Å². The van der Waals surface area contributed by atoms with Gasteiger partial charge in [0, 0.05) is 17.6 Å². The van der Waals surface area contributed by atoms with Gasteiger partial charge in [0.05, 0.1) is 25.6 Å². The summed E-state index contributed by atoms with van der Waals surface area (Å²) in [6.45, 7) is 19.1. The molecule has 2 fully saturated rings. The number of amides is 1. The van der Waals surface area contributed by atoms with Crippen LogP contribution in [0.25, 0.3) is 16.0 Å². The van der Waals surface area contributed by atoms with E-state index in [0.717, 1.165) is 0 Å². The number of nitrogens with zero attached hydrogens (tertiary/aromatic N) is 6. The number of benzene rings is 1. The lowest BCUT2D eigenvalue weighted by Gasteiger charge is -2.45. The predicted molar refractivity (Wildman–Crippen MR) is 159 cm³/mol. The highest BCUT2D eigenvalue weighted by Gasteiger charge is 2.59. The van der Waals surface area contributed by atoms with Crippen molar-refractivity contribution in [1.29, 1.82) is 0 Å². The maximum atomic E-state index is 12.8. The lowest BCUT2D eigenvalue weighted by Crippen LogP contribution is -2.55. The summed E-state index contributed by atoms with van der Waals surface area (Å²) in [6.07, 6.45) is 3.03. The summed E-state index contributed by atoms with van der Waals surface area (Å²) in [5.74, 6) is 0.0477. The van der Waals surface area contributed by atoms with Gasteiger partial charge in [-0.05, 0) is 46.2 Å². The Hall–Kier alpha value is -3.04. The van der Waals surface area contributed by atoms with Crippen molar-refractivity contribution in [2.75, 3.05) is 31.7 Å². The van der Waals surface area contributed by atoms with E-state index in [9.17, 15) is 4.79 Å². The fourth-order valence-corrected chi connectivity index (χ4v) is 7.43. The molecule has 4 heterocycles. The third kappa shape index (κ3) is 5.91. The second-order valence-corrected chi connectivity index (χ2v) is 12.4. The standard InChI is InChI=1S/C29H38N7O5P/c1-7-29-16-38-24(25(29)41-42(40-14-13-30-6)36(19(2)3)20(4)5)22(15-39-29)35-18-33-23-26(31-17-32-27(23)35)34-28(37)21-11-9-8-10-12-21/h8-12,17-20,22,24-25H,7,13-16H2,1-5H3,(H,31,32,34,37)/t22-,24+,25?,29?,42?/m0/s1. The van der Waals surface area contributed by atoms with Gasteiger partial charge in [0.1, 0.15) is 30.7 Å². The largest absolute Gasteiger partial charge is 0.370 e. The van der Waals surface area contributed by atoms with Gasteiger partial charge in [0.25, 0.3) is 14.4 Å². The van der Waals surface area contributed by atoms with E-state index in [1.165, 1.54) is 6.33 Å². The molecule has 13 heteroatoms. The second-order valence-electron chi connectivity index (χ2n) is 11.0. The number of hydrogen-bond acceptors (Lipinski definition) is 9. The highest BCUT2D eigenvalue weighted by atomic mass is 31.2. The Bertz CT molecular complexity index is 1410. The minimum absolute atomic E-state index is 0.166. The van der Waals surface area contributed by atoms with Crippen molar-refractivity contribution < 1.29 is 23.3 Å². The molecule has 3 aromatic rings. The number of hydrogen-bond donors (Lipinski definition) is 1. The zero-order chi connectivity index (χ0) is 29.9. The van der Waals surface area contributed by atoms with Crippen molar-refractivity contribution in [3.63, 3.8) is 0 Å². The topological polar surface area (TPSA) is 117 Å². The Kier molecular flexibility index (Phi) is 9.47. The van der Waals surface area contributed by atoms with Gasteiger partial charge in [-0.15, -0.1) is 0 Å². The van der Waals surface area contributed by atoms with Crippen LogP contribution in [0.1, 0.15) is 57.4 Å². The van der Waals surface area contributed by atoms with Crippen molar-refractivity contribution in [3.8, 4) is 0 Å². The molecule has 3 unspecified atom stereocenters. The summed E-state index contributed by atoms with van der Waals surface area (Å²) >= 11 is 0. The van der Waals surface area contributed by atoms with Crippen LogP contribution in [0.5, 0.6) is 0 Å². The monoisotopic (exact) mass is 595 g/mol. The Morgan fingerprint density at radius 2 is 2.00 bits per heavy atom. The van der Waals surface area contributed by atoms with E-state index in [1.807, 2.05) is 22.8 Å². The quantitative estimate of drug-likeness (QED) is 0.178. The molecule has 2 aliphatic heterocycles. The van der Waals surface area contributed by atoms with E-state index < -0.39 is 20.2 Å². The molecule has 0 radical (unpaired) electrons. The number of nitrogens with one attached hydrogen (secondary N) is 1. The van der Waals surface area contributed by atoms with Crippen LogP contribution < -0.4 is 5.32 Å². The van der Waals surface area contributed by atoms with Crippen molar-refractivity contribution in [3.05, 3.63) is 60.0 Å². The Morgan fingerprint density at radius 3 is 2.69 bits per heavy atom. The number of carbonyl (C=O) groups excluding carboxylic acids is 1. The molecule has 1 N–H and O–H groups in total. The van der Waals surface area contributed by atoms with Crippen LogP contribution >= 0.6 is 8.53 Å². The molecule has 224 valence electrons. The van der Waals surface area contributed by atoms with Crippen LogP contribution in [0.2, 0.25) is 0 Å². The average molecular weight is 596 g/mol. The summed E-state index contributed by atoms with van der Waals surface area (Å²) in [6, 6.07) is 8.99. The van der Waals surface area contributed by atoms with E-state index in [1.54, 1.807) is 18.5 Å². The number of rotatable bonds is 12. The fourth-order valence-electron chi connectivity index (χ4n) is 5.63. The minimum atomic E-state index is -1.50. The first-order valence-corrected chi connectivity index (χ1v) is 15.4. The third-order valence-electron chi connectivity index (χ3n) is 7.70. The molecule has 2 aromatic heterocycles. The van der Waals surface area contributed by atoms with Gasteiger partial charge in [-0.25, -0.2) is 26.2 Å². The molecule has 0 saturated carbocycles. The Labute approximate surface area is 247 Å². The van der Waals surface area contributed by atoms with Gasteiger partial charge in [0.2, 0.25) is 6.54 Å². The van der Waals surface area contributed by atoms with E-state index in [-0.39, 0.29) is 43.3 Å². The predicted octanol–water partition coefficient (Wildman–Crippen LogP) is 4.86. The average Bonchev–Trinajstić information content (AvgIpc) is 3.51. The first-order valence-electron chi connectivity index (χ1n) is 14.3. The number of ether oxygens (including phenoxy) is 2. The van der Waals surface area contributed by atoms with Crippen molar-refractivity contribution in [2.24, 2.45) is 0 Å². The first kappa shape index (κ1) is 30.4. The molecular formula is C29H38N7O5P. The molecule has 0 spiro atoms. The van der Waals surface area contributed by atoms with Crippen LogP contribution in [0.15, 0.2) is 43.0 Å². The Balaban J connectivity index is 1.44. The summed E-state index contributed by atoms with van der Waals surface area (Å²) in [5.41, 5.74) is 0.929. The van der Waals surface area contributed by atoms with E-state index >= 15 is 0 Å². The van der Waals surface area contributed by atoms with Crippen LogP contribution in [-0.2, 0) is 18.5 Å². The lowest BCUT2D eigenvalue weighted by molar-refractivity contribution is -0.142. The van der Waals surface area contributed by atoms with Crippen molar-refractivity contribution in [1.82, 2.24) is 24.2 Å². The molecule has 0 aliphatic carbocycles. The molecular weight excluding hydrogens is 557 g/mol. The summed E-state index contributed by atoms with van der Waals surface area (Å²) < 4.78 is 30.2. The number of fused-ring (bicyclic) bond motifs is 3. The van der Waals surface area contributed by atoms with Gasteiger partial charge < -0.3 is 33.3 Å². The molecule has 1 amide bonds. The Morgan fingerprint density at radius 1 is 1.24 bits per heavy atom. The second kappa shape index (κ2) is 13.1. The number of anilines is 1. The molecule has 2 saturated heterocycles. The zero-order valence-corrected chi connectivity index (χ0v) is 25.5. The number of imidazole rings is 1. The van der Waals surface area contributed by atoms with Gasteiger partial charge in [0.15, 0.2) is 17.0 Å². The van der Waals surface area contributed by atoms with Crippen LogP contribution in [0.3, 0.4) is 0 Å². The normalized spacial score (nSPS) is 24.4. The SMILES string of the molecule is [C-]#[N+]CCOP(OC1[C@@H]2OCC1(CC)OC[C@@H]2n1cnc2c(NC(=O)c3ccccc3)ncnc21)N(C(C)C)C(C)C. The summed E-state index contributed by atoms with van der Waals surface area (Å²) in [7, 11) is -1.50. The lowest BCUT2D eigenvalue weighted by atomic mass is 9.88. The number of aromatic nitrogens is 4. The molecule has 42 heavy (non-hydrogen) atoms. The smallest absolute Gasteiger partial charge is 0.259 e. The highest BCUT2D eigenvalue weighted by molar-refractivity contribution is 7.44. The van der Waals surface area contributed by atoms with Crippen LogP contribution in [-0.4, -0.2) is 86.4 Å². The van der Waals surface area contributed by atoms with Gasteiger partial charge in [-0.2, -0.15) is 0 Å². The van der Waals surface area contributed by atoms with Crippen molar-refractivity contribution in [2.45, 2.75) is 77.0 Å². The molecule has 1 aromatic carbocycles. The van der Waals surface area contributed by atoms with E-state index in [0.29, 0.717) is 42.2 Å². The highest BCUT2D eigenvalue weighted by Crippen LogP contribution is 2.53. The third-order valence-corrected chi connectivity index (χ3v) is 9.81. The molecule has 12 nitrogen and oxygen atoms in total. The molecule has 2 bridgehead atoms. The fraction of sp³-hybridized carbons (Fsp3) is 0.552. The van der Waals surface area contributed by atoms with Gasteiger partial charge in [-0.3, -0.25) is 4.79 Å².